The number of ether oxygens (including phenoxy) is 3. The highest BCUT2D eigenvalue weighted by Crippen LogP contribution is 2.44. The molecule has 0 aromatic heterocycles. The monoisotopic (exact) mass is 461 g/mol. The van der Waals surface area contributed by atoms with Crippen molar-refractivity contribution < 1.29 is 19.0 Å². The van der Waals surface area contributed by atoms with Gasteiger partial charge in [0.1, 0.15) is 12.2 Å². The summed E-state index contributed by atoms with van der Waals surface area (Å²) in [6.07, 6.45) is 2.12. The summed E-state index contributed by atoms with van der Waals surface area (Å²) in [6, 6.07) is 11.2. The van der Waals surface area contributed by atoms with Gasteiger partial charge in [0.05, 0.1) is 0 Å². The first-order valence-electron chi connectivity index (χ1n) is 10.3. The summed E-state index contributed by atoms with van der Waals surface area (Å²) in [7, 11) is 0. The molecular formula is C24H25Cl2NO4. The van der Waals surface area contributed by atoms with Gasteiger partial charge in [0, 0.05) is 34.3 Å². The molecular weight excluding hydrogens is 437 g/mol. The van der Waals surface area contributed by atoms with Gasteiger partial charge in [0.2, 0.25) is 0 Å². The van der Waals surface area contributed by atoms with Crippen molar-refractivity contribution in [3.8, 4) is 11.5 Å². The van der Waals surface area contributed by atoms with Crippen molar-refractivity contribution >= 4 is 34.9 Å². The van der Waals surface area contributed by atoms with Gasteiger partial charge in [-0.05, 0) is 51.0 Å². The van der Waals surface area contributed by atoms with Crippen LogP contribution in [0, 0.1) is 0 Å². The molecule has 2 aromatic carbocycles. The van der Waals surface area contributed by atoms with E-state index in [9.17, 15) is 4.79 Å². The zero-order valence-electron chi connectivity index (χ0n) is 17.8. The van der Waals surface area contributed by atoms with Crippen LogP contribution in [0.25, 0.3) is 5.57 Å². The number of hydrogen-bond donors (Lipinski definition) is 0. The molecule has 7 heteroatoms. The molecule has 0 spiro atoms. The molecule has 2 aromatic rings. The Balaban J connectivity index is 1.55. The maximum atomic E-state index is 12.4. The van der Waals surface area contributed by atoms with Crippen LogP contribution in [-0.2, 0) is 4.74 Å². The Morgan fingerprint density at radius 1 is 1.19 bits per heavy atom. The van der Waals surface area contributed by atoms with E-state index in [2.05, 4.69) is 0 Å². The van der Waals surface area contributed by atoms with E-state index < -0.39 is 5.60 Å². The van der Waals surface area contributed by atoms with Crippen molar-refractivity contribution in [3.05, 3.63) is 63.6 Å². The summed E-state index contributed by atoms with van der Waals surface area (Å²) in [4.78, 5) is 14.1. The maximum Gasteiger partial charge on any atom is 0.410 e. The molecule has 31 heavy (non-hydrogen) atoms. The predicted octanol–water partition coefficient (Wildman–Crippen LogP) is 6.53. The van der Waals surface area contributed by atoms with Gasteiger partial charge in [0.15, 0.2) is 17.6 Å². The van der Waals surface area contributed by atoms with Crippen molar-refractivity contribution in [3.63, 3.8) is 0 Å². The molecule has 2 aliphatic rings. The van der Waals surface area contributed by atoms with Gasteiger partial charge in [-0.1, -0.05) is 47.5 Å². The average Bonchev–Trinajstić information content (AvgIpc) is 2.72. The molecule has 0 bridgehead atoms. The predicted molar refractivity (Wildman–Crippen MR) is 122 cm³/mol. The topological polar surface area (TPSA) is 48.0 Å². The largest absolute Gasteiger partial charge is 0.485 e. The number of hydrogen-bond acceptors (Lipinski definition) is 4. The Bertz CT molecular complexity index is 1030. The number of fused-ring (bicyclic) bond motifs is 1. The molecule has 0 aliphatic carbocycles. The van der Waals surface area contributed by atoms with Crippen molar-refractivity contribution in [1.29, 1.82) is 0 Å². The Morgan fingerprint density at radius 3 is 2.68 bits per heavy atom. The van der Waals surface area contributed by atoms with E-state index in [1.807, 2.05) is 51.1 Å². The number of halogens is 2. The number of carbonyl (C=O) groups excluding carboxylic acids is 1. The lowest BCUT2D eigenvalue weighted by molar-refractivity contribution is 0.0270. The average molecular weight is 462 g/mol. The summed E-state index contributed by atoms with van der Waals surface area (Å²) >= 11 is 12.4. The number of para-hydroxylation sites is 1. The van der Waals surface area contributed by atoms with Crippen molar-refractivity contribution in [2.24, 2.45) is 0 Å². The first-order valence-corrected chi connectivity index (χ1v) is 11.0. The van der Waals surface area contributed by atoms with Crippen LogP contribution >= 0.6 is 23.2 Å². The number of amides is 1. The molecule has 1 amide bonds. The van der Waals surface area contributed by atoms with Crippen molar-refractivity contribution in [1.82, 2.24) is 4.90 Å². The van der Waals surface area contributed by atoms with E-state index >= 15 is 0 Å². The third-order valence-corrected chi connectivity index (χ3v) is 5.71. The van der Waals surface area contributed by atoms with Crippen LogP contribution in [0.15, 0.2) is 42.5 Å². The van der Waals surface area contributed by atoms with Gasteiger partial charge in [0.25, 0.3) is 0 Å². The third-order valence-electron chi connectivity index (χ3n) is 5.15. The normalized spacial score (nSPS) is 18.4. The molecule has 0 N–H and O–H groups in total. The number of carbonyl (C=O) groups is 1. The maximum absolute atomic E-state index is 12.4. The fraction of sp³-hybridized carbons (Fsp3) is 0.375. The zero-order valence-corrected chi connectivity index (χ0v) is 19.3. The van der Waals surface area contributed by atoms with Crippen LogP contribution in [0.2, 0.25) is 10.0 Å². The lowest BCUT2D eigenvalue weighted by Gasteiger charge is -2.32. The van der Waals surface area contributed by atoms with Crippen LogP contribution in [0.4, 0.5) is 4.79 Å². The molecule has 0 radical (unpaired) electrons. The van der Waals surface area contributed by atoms with E-state index in [0.717, 1.165) is 16.7 Å². The standard InChI is InChI=1S/C24H25Cl2NO4/c1-24(2,3)31-23(28)27-11-9-15(10-12-27)17-5-4-6-20-22(17)30-21(14-29-20)18-8-7-16(25)13-19(18)26/h4-9,13,21H,10-12,14H2,1-3H3. The second kappa shape index (κ2) is 8.64. The SMILES string of the molecule is CC(C)(C)OC(=O)N1CC=C(c2cccc3c2OC(c2ccc(Cl)cc2Cl)CO3)CC1. The Morgan fingerprint density at radius 2 is 2.00 bits per heavy atom. The molecule has 2 heterocycles. The molecule has 0 fully saturated rings. The Kier molecular flexibility index (Phi) is 6.09. The van der Waals surface area contributed by atoms with Crippen LogP contribution in [-0.4, -0.2) is 36.3 Å². The van der Waals surface area contributed by atoms with Gasteiger partial charge in [-0.3, -0.25) is 0 Å². The summed E-state index contributed by atoms with van der Waals surface area (Å²) in [5.41, 5.74) is 2.40. The second-order valence-electron chi connectivity index (χ2n) is 8.62. The summed E-state index contributed by atoms with van der Waals surface area (Å²) < 4.78 is 17.8. The number of nitrogens with zero attached hydrogens (tertiary/aromatic N) is 1. The highest BCUT2D eigenvalue weighted by molar-refractivity contribution is 6.35. The van der Waals surface area contributed by atoms with Gasteiger partial charge >= 0.3 is 6.09 Å². The molecule has 0 saturated carbocycles. The van der Waals surface area contributed by atoms with Gasteiger partial charge < -0.3 is 19.1 Å². The molecule has 0 saturated heterocycles. The first-order chi connectivity index (χ1) is 14.7. The van der Waals surface area contributed by atoms with E-state index in [4.69, 9.17) is 37.4 Å². The van der Waals surface area contributed by atoms with Crippen LogP contribution < -0.4 is 9.47 Å². The minimum atomic E-state index is -0.511. The molecule has 164 valence electrons. The third kappa shape index (κ3) is 4.94. The van der Waals surface area contributed by atoms with Crippen LogP contribution in [0.5, 0.6) is 11.5 Å². The molecule has 1 atom stereocenters. The summed E-state index contributed by atoms with van der Waals surface area (Å²) in [6.45, 7) is 7.04. The molecule has 2 aliphatic heterocycles. The van der Waals surface area contributed by atoms with Crippen LogP contribution in [0.3, 0.4) is 0 Å². The smallest absolute Gasteiger partial charge is 0.410 e. The Hall–Kier alpha value is -2.37. The number of rotatable bonds is 2. The molecule has 1 unspecified atom stereocenters. The molecule has 5 nitrogen and oxygen atoms in total. The van der Waals surface area contributed by atoms with E-state index in [0.29, 0.717) is 47.7 Å². The minimum Gasteiger partial charge on any atom is -0.485 e. The number of benzene rings is 2. The zero-order chi connectivity index (χ0) is 22.2. The van der Waals surface area contributed by atoms with E-state index in [1.165, 1.54) is 0 Å². The van der Waals surface area contributed by atoms with Crippen molar-refractivity contribution in [2.75, 3.05) is 19.7 Å². The fourth-order valence-electron chi connectivity index (χ4n) is 3.67. The summed E-state index contributed by atoms with van der Waals surface area (Å²) in [5.74, 6) is 1.40. The second-order valence-corrected chi connectivity index (χ2v) is 9.47. The van der Waals surface area contributed by atoms with E-state index in [-0.39, 0.29) is 12.2 Å². The first kappa shape index (κ1) is 21.8. The van der Waals surface area contributed by atoms with E-state index in [1.54, 1.807) is 17.0 Å². The van der Waals surface area contributed by atoms with Crippen LogP contribution in [0.1, 0.15) is 44.4 Å². The quantitative estimate of drug-likeness (QED) is 0.509. The van der Waals surface area contributed by atoms with Gasteiger partial charge in [-0.15, -0.1) is 0 Å². The van der Waals surface area contributed by atoms with Gasteiger partial charge in [-0.2, -0.15) is 0 Å². The van der Waals surface area contributed by atoms with Gasteiger partial charge in [-0.25, -0.2) is 4.79 Å². The lowest BCUT2D eigenvalue weighted by atomic mass is 9.97. The fourth-order valence-corrected chi connectivity index (χ4v) is 4.20. The summed E-state index contributed by atoms with van der Waals surface area (Å²) in [5, 5.41) is 1.13. The Labute approximate surface area is 192 Å². The minimum absolute atomic E-state index is 0.296. The lowest BCUT2D eigenvalue weighted by Crippen LogP contribution is -2.39. The van der Waals surface area contributed by atoms with Crippen molar-refractivity contribution in [2.45, 2.75) is 38.9 Å². The molecule has 4 rings (SSSR count). The highest BCUT2D eigenvalue weighted by atomic mass is 35.5. The highest BCUT2D eigenvalue weighted by Gasteiger charge is 2.29.